The van der Waals surface area contributed by atoms with Gasteiger partial charge in [-0.3, -0.25) is 0 Å². The molecule has 2 N–H and O–H groups in total. The van der Waals surface area contributed by atoms with Gasteiger partial charge in [-0.1, -0.05) is 31.2 Å². The van der Waals surface area contributed by atoms with E-state index in [0.29, 0.717) is 11.8 Å². The number of hydrogen-bond acceptors (Lipinski definition) is 5. The van der Waals surface area contributed by atoms with Crippen molar-refractivity contribution in [2.24, 2.45) is 0 Å². The Morgan fingerprint density at radius 3 is 2.52 bits per heavy atom. The molecule has 0 saturated heterocycles. The number of rotatable bonds is 5. The van der Waals surface area contributed by atoms with Crippen LogP contribution in [0.2, 0.25) is 0 Å². The van der Waals surface area contributed by atoms with Crippen LogP contribution in [0.5, 0.6) is 0 Å². The molecule has 2 aromatic carbocycles. The highest BCUT2D eigenvalue weighted by Crippen LogP contribution is 2.18. The molecule has 0 aliphatic heterocycles. The molecule has 0 fully saturated rings. The first-order chi connectivity index (χ1) is 11.2. The second kappa shape index (κ2) is 6.87. The van der Waals surface area contributed by atoms with E-state index in [1.54, 1.807) is 6.20 Å². The van der Waals surface area contributed by atoms with E-state index >= 15 is 0 Å². The van der Waals surface area contributed by atoms with Crippen molar-refractivity contribution in [3.05, 3.63) is 65.9 Å². The smallest absolute Gasteiger partial charge is 0.249 e. The Labute approximate surface area is 135 Å². The third kappa shape index (κ3) is 4.03. The summed E-state index contributed by atoms with van der Waals surface area (Å²) in [4.78, 5) is 4.44. The molecule has 0 aliphatic rings. The maximum Gasteiger partial charge on any atom is 0.249 e. The summed E-state index contributed by atoms with van der Waals surface area (Å²) >= 11 is 0. The molecule has 5 heteroatoms. The number of aromatic nitrogens is 3. The number of nitrogens with one attached hydrogen (secondary N) is 2. The Morgan fingerprint density at radius 1 is 0.957 bits per heavy atom. The van der Waals surface area contributed by atoms with Crippen molar-refractivity contribution in [2.45, 2.75) is 20.3 Å². The fraction of sp³-hybridized carbons (Fsp3) is 0.167. The van der Waals surface area contributed by atoms with Crippen molar-refractivity contribution in [1.29, 1.82) is 0 Å². The van der Waals surface area contributed by atoms with Gasteiger partial charge in [0.05, 0.1) is 6.20 Å². The summed E-state index contributed by atoms with van der Waals surface area (Å²) < 4.78 is 0. The summed E-state index contributed by atoms with van der Waals surface area (Å²) in [6.07, 6.45) is 2.63. The maximum atomic E-state index is 4.44. The number of hydrogen-bond donors (Lipinski definition) is 2. The van der Waals surface area contributed by atoms with Crippen molar-refractivity contribution in [1.82, 2.24) is 15.2 Å². The highest BCUT2D eigenvalue weighted by molar-refractivity contribution is 5.59. The lowest BCUT2D eigenvalue weighted by Crippen LogP contribution is -2.02. The van der Waals surface area contributed by atoms with Gasteiger partial charge in [0, 0.05) is 11.4 Å². The Hall–Kier alpha value is -2.95. The molecule has 116 valence electrons. The Morgan fingerprint density at radius 2 is 1.78 bits per heavy atom. The molecule has 0 unspecified atom stereocenters. The lowest BCUT2D eigenvalue weighted by atomic mass is 10.1. The molecule has 0 saturated carbocycles. The molecule has 0 atom stereocenters. The van der Waals surface area contributed by atoms with E-state index in [-0.39, 0.29) is 0 Å². The lowest BCUT2D eigenvalue weighted by Gasteiger charge is -2.08. The zero-order valence-electron chi connectivity index (χ0n) is 13.2. The number of aryl methyl sites for hydroxylation is 2. The predicted molar refractivity (Wildman–Crippen MR) is 93.4 cm³/mol. The first kappa shape index (κ1) is 15.0. The van der Waals surface area contributed by atoms with Crippen molar-refractivity contribution in [3.63, 3.8) is 0 Å². The molecule has 0 radical (unpaired) electrons. The third-order valence-corrected chi connectivity index (χ3v) is 3.47. The fourth-order valence-electron chi connectivity index (χ4n) is 2.24. The average Bonchev–Trinajstić information content (AvgIpc) is 2.56. The second-order valence-corrected chi connectivity index (χ2v) is 5.34. The Bertz CT molecular complexity index is 783. The molecule has 3 aromatic rings. The monoisotopic (exact) mass is 305 g/mol. The summed E-state index contributed by atoms with van der Waals surface area (Å²) in [7, 11) is 0. The summed E-state index contributed by atoms with van der Waals surface area (Å²) in [6.45, 7) is 4.19. The van der Waals surface area contributed by atoms with Gasteiger partial charge in [-0.2, -0.15) is 10.1 Å². The van der Waals surface area contributed by atoms with Crippen LogP contribution < -0.4 is 10.6 Å². The Balaban J connectivity index is 1.74. The molecule has 0 aliphatic carbocycles. The largest absolute Gasteiger partial charge is 0.339 e. The minimum atomic E-state index is 0.465. The molecule has 23 heavy (non-hydrogen) atoms. The molecule has 0 spiro atoms. The minimum Gasteiger partial charge on any atom is -0.339 e. The van der Waals surface area contributed by atoms with Crippen molar-refractivity contribution in [2.75, 3.05) is 10.6 Å². The van der Waals surface area contributed by atoms with Crippen LogP contribution in [0.25, 0.3) is 0 Å². The van der Waals surface area contributed by atoms with Crippen LogP contribution in [0.4, 0.5) is 23.1 Å². The zero-order chi connectivity index (χ0) is 16.1. The van der Waals surface area contributed by atoms with Gasteiger partial charge in [0.15, 0.2) is 5.82 Å². The van der Waals surface area contributed by atoms with Gasteiger partial charge in [-0.15, -0.1) is 5.10 Å². The van der Waals surface area contributed by atoms with Crippen molar-refractivity contribution >= 4 is 23.1 Å². The van der Waals surface area contributed by atoms with Gasteiger partial charge in [0.1, 0.15) is 0 Å². The number of nitrogens with zero attached hydrogens (tertiary/aromatic N) is 3. The standard InChI is InChI=1S/C18H19N5/c1-3-14-7-9-15(10-8-14)21-18-22-17(12-19-23-18)20-16-6-4-5-13(2)11-16/h4-12H,3H2,1-2H3,(H2,20,21,22,23). The molecule has 1 heterocycles. The minimum absolute atomic E-state index is 0.465. The van der Waals surface area contributed by atoms with Gasteiger partial charge >= 0.3 is 0 Å². The van der Waals surface area contributed by atoms with Crippen molar-refractivity contribution < 1.29 is 0 Å². The maximum absolute atomic E-state index is 4.44. The summed E-state index contributed by atoms with van der Waals surface area (Å²) in [5, 5.41) is 14.4. The van der Waals surface area contributed by atoms with Gasteiger partial charge in [0.2, 0.25) is 5.95 Å². The summed E-state index contributed by atoms with van der Waals surface area (Å²) in [6, 6.07) is 16.3. The SMILES string of the molecule is CCc1ccc(Nc2nncc(Nc3cccc(C)c3)n2)cc1. The van der Waals surface area contributed by atoms with Gasteiger partial charge in [-0.25, -0.2) is 0 Å². The highest BCUT2D eigenvalue weighted by atomic mass is 15.3. The summed E-state index contributed by atoms with van der Waals surface area (Å²) in [5.41, 5.74) is 4.40. The molecular weight excluding hydrogens is 286 g/mol. The molecular formula is C18H19N5. The van der Waals surface area contributed by atoms with E-state index in [0.717, 1.165) is 17.8 Å². The van der Waals surface area contributed by atoms with Crippen LogP contribution in [0.15, 0.2) is 54.7 Å². The number of benzene rings is 2. The molecule has 3 rings (SSSR count). The van der Waals surface area contributed by atoms with E-state index < -0.39 is 0 Å². The quantitative estimate of drug-likeness (QED) is 0.738. The Kier molecular flexibility index (Phi) is 4.47. The van der Waals surface area contributed by atoms with Crippen molar-refractivity contribution in [3.8, 4) is 0 Å². The zero-order valence-corrected chi connectivity index (χ0v) is 13.2. The van der Waals surface area contributed by atoms with Crippen LogP contribution in [0, 0.1) is 6.92 Å². The number of anilines is 4. The van der Waals surface area contributed by atoms with Gasteiger partial charge in [-0.05, 0) is 48.7 Å². The first-order valence-electron chi connectivity index (χ1n) is 7.62. The van der Waals surface area contributed by atoms with E-state index in [1.807, 2.05) is 24.3 Å². The van der Waals surface area contributed by atoms with Gasteiger partial charge in [0.25, 0.3) is 0 Å². The normalized spacial score (nSPS) is 10.3. The summed E-state index contributed by atoms with van der Waals surface area (Å²) in [5.74, 6) is 1.12. The van der Waals surface area contributed by atoms with E-state index in [4.69, 9.17) is 0 Å². The topological polar surface area (TPSA) is 62.7 Å². The van der Waals surface area contributed by atoms with Crippen LogP contribution in [0.3, 0.4) is 0 Å². The van der Waals surface area contributed by atoms with Crippen LogP contribution in [-0.4, -0.2) is 15.2 Å². The highest BCUT2D eigenvalue weighted by Gasteiger charge is 2.02. The third-order valence-electron chi connectivity index (χ3n) is 3.47. The fourth-order valence-corrected chi connectivity index (χ4v) is 2.24. The first-order valence-corrected chi connectivity index (χ1v) is 7.62. The second-order valence-electron chi connectivity index (χ2n) is 5.34. The molecule has 0 bridgehead atoms. The molecule has 1 aromatic heterocycles. The van der Waals surface area contributed by atoms with Crippen LogP contribution in [0.1, 0.15) is 18.1 Å². The predicted octanol–water partition coefficient (Wildman–Crippen LogP) is 4.23. The van der Waals surface area contributed by atoms with Gasteiger partial charge < -0.3 is 10.6 Å². The van der Waals surface area contributed by atoms with E-state index in [1.165, 1.54) is 11.1 Å². The van der Waals surface area contributed by atoms with Crippen LogP contribution >= 0.6 is 0 Å². The lowest BCUT2D eigenvalue weighted by molar-refractivity contribution is 0.982. The molecule has 5 nitrogen and oxygen atoms in total. The molecule has 0 amide bonds. The van der Waals surface area contributed by atoms with E-state index in [2.05, 4.69) is 63.9 Å². The average molecular weight is 305 g/mol. The van der Waals surface area contributed by atoms with Crippen LogP contribution in [-0.2, 0) is 6.42 Å². The van der Waals surface area contributed by atoms with E-state index in [9.17, 15) is 0 Å².